The molecule has 0 spiro atoms. The molecular weight excluding hydrogens is 244 g/mol. The molecule has 96 valence electrons. The van der Waals surface area contributed by atoms with Crippen LogP contribution in [0.4, 0.5) is 0 Å². The number of nitriles is 1. The predicted molar refractivity (Wildman–Crippen MR) is 65.2 cm³/mol. The summed E-state index contributed by atoms with van der Waals surface area (Å²) in [5.74, 6) is -0.0388. The Morgan fingerprint density at radius 2 is 2.26 bits per heavy atom. The van der Waals surface area contributed by atoms with Crippen molar-refractivity contribution in [2.45, 2.75) is 25.2 Å². The fourth-order valence-corrected chi connectivity index (χ4v) is 2.65. The van der Waals surface area contributed by atoms with E-state index < -0.39 is 0 Å². The third kappa shape index (κ3) is 1.73. The Bertz CT molecular complexity index is 632. The van der Waals surface area contributed by atoms with Gasteiger partial charge in [-0.1, -0.05) is 0 Å². The van der Waals surface area contributed by atoms with Crippen molar-refractivity contribution in [3.8, 4) is 6.07 Å². The molecule has 2 aliphatic rings. The predicted octanol–water partition coefficient (Wildman–Crippen LogP) is 2.09. The quantitative estimate of drug-likeness (QED) is 0.831. The summed E-state index contributed by atoms with van der Waals surface area (Å²) in [6, 6.07) is 3.86. The average Bonchev–Trinajstić information content (AvgIpc) is 2.92. The summed E-state index contributed by atoms with van der Waals surface area (Å²) in [4.78, 5) is 11.9. The van der Waals surface area contributed by atoms with Crippen LogP contribution < -0.4 is 5.73 Å². The van der Waals surface area contributed by atoms with Gasteiger partial charge in [0.15, 0.2) is 11.5 Å². The number of nitrogens with two attached hydrogens (primary N) is 1. The van der Waals surface area contributed by atoms with Crippen LogP contribution in [0.2, 0.25) is 0 Å². The summed E-state index contributed by atoms with van der Waals surface area (Å²) in [6.45, 7) is 0. The number of hydrogen-bond acceptors (Lipinski definition) is 5. The summed E-state index contributed by atoms with van der Waals surface area (Å²) >= 11 is 0. The number of carbonyl (C=O) groups excluding carboxylic acids is 1. The Morgan fingerprint density at radius 1 is 1.42 bits per heavy atom. The van der Waals surface area contributed by atoms with E-state index in [1.54, 1.807) is 18.6 Å². The van der Waals surface area contributed by atoms with E-state index in [2.05, 4.69) is 6.07 Å². The summed E-state index contributed by atoms with van der Waals surface area (Å²) in [6.07, 6.45) is 5.08. The van der Waals surface area contributed by atoms with E-state index >= 15 is 0 Å². The Balaban J connectivity index is 2.16. The van der Waals surface area contributed by atoms with Gasteiger partial charge >= 0.3 is 0 Å². The van der Waals surface area contributed by atoms with Crippen LogP contribution in [0.15, 0.2) is 45.8 Å². The lowest BCUT2D eigenvalue weighted by Gasteiger charge is -2.30. The molecule has 1 aromatic rings. The molecule has 5 heteroatoms. The first-order chi connectivity index (χ1) is 9.22. The molecule has 5 nitrogen and oxygen atoms in total. The van der Waals surface area contributed by atoms with Crippen molar-refractivity contribution in [3.63, 3.8) is 0 Å². The van der Waals surface area contributed by atoms with Crippen LogP contribution in [0.25, 0.3) is 0 Å². The molecule has 2 heterocycles. The molecule has 0 fully saturated rings. The molecule has 0 amide bonds. The van der Waals surface area contributed by atoms with Gasteiger partial charge in [-0.2, -0.15) is 5.26 Å². The van der Waals surface area contributed by atoms with Crippen LogP contribution in [0.5, 0.6) is 0 Å². The number of allylic oxidation sites excluding steroid dienone is 3. The molecule has 2 N–H and O–H groups in total. The highest BCUT2D eigenvalue weighted by Gasteiger charge is 2.37. The number of furan rings is 1. The van der Waals surface area contributed by atoms with Crippen molar-refractivity contribution < 1.29 is 13.9 Å². The topological polar surface area (TPSA) is 89.3 Å². The van der Waals surface area contributed by atoms with Gasteiger partial charge in [-0.05, 0) is 24.5 Å². The molecular formula is C14H12N2O3. The monoisotopic (exact) mass is 256 g/mol. The maximum Gasteiger partial charge on any atom is 0.205 e. The van der Waals surface area contributed by atoms with Crippen LogP contribution in [0.1, 0.15) is 30.7 Å². The summed E-state index contributed by atoms with van der Waals surface area (Å²) in [5, 5.41) is 9.28. The van der Waals surface area contributed by atoms with E-state index in [0.29, 0.717) is 17.8 Å². The van der Waals surface area contributed by atoms with Gasteiger partial charge in [0.25, 0.3) is 0 Å². The lowest BCUT2D eigenvalue weighted by atomic mass is 9.79. The molecule has 0 saturated carbocycles. The van der Waals surface area contributed by atoms with Gasteiger partial charge in [-0.15, -0.1) is 0 Å². The first-order valence-electron chi connectivity index (χ1n) is 6.08. The number of ketones is 1. The molecule has 1 aromatic heterocycles. The SMILES string of the molecule is N#CC1=C(N)OC2=C(CCCC2=O)C1c1ccoc1. The number of hydrogen-bond donors (Lipinski definition) is 1. The second-order valence-electron chi connectivity index (χ2n) is 4.61. The van der Waals surface area contributed by atoms with E-state index in [9.17, 15) is 10.1 Å². The fourth-order valence-electron chi connectivity index (χ4n) is 2.65. The lowest BCUT2D eigenvalue weighted by molar-refractivity contribution is -0.119. The largest absolute Gasteiger partial charge is 0.472 e. The third-order valence-electron chi connectivity index (χ3n) is 3.51. The maximum atomic E-state index is 11.9. The smallest absolute Gasteiger partial charge is 0.205 e. The Hall–Kier alpha value is -2.48. The van der Waals surface area contributed by atoms with E-state index in [-0.39, 0.29) is 17.6 Å². The molecule has 1 aliphatic carbocycles. The van der Waals surface area contributed by atoms with Crippen LogP contribution in [-0.4, -0.2) is 5.78 Å². The van der Waals surface area contributed by atoms with Crippen LogP contribution >= 0.6 is 0 Å². The molecule has 19 heavy (non-hydrogen) atoms. The van der Waals surface area contributed by atoms with Crippen LogP contribution in [0.3, 0.4) is 0 Å². The third-order valence-corrected chi connectivity index (χ3v) is 3.51. The number of ether oxygens (including phenoxy) is 1. The Labute approximate surface area is 109 Å². The zero-order valence-electron chi connectivity index (χ0n) is 10.2. The van der Waals surface area contributed by atoms with E-state index in [1.807, 2.05) is 0 Å². The van der Waals surface area contributed by atoms with Crippen molar-refractivity contribution >= 4 is 5.78 Å². The summed E-state index contributed by atoms with van der Waals surface area (Å²) in [5.41, 5.74) is 7.78. The van der Waals surface area contributed by atoms with Gasteiger partial charge in [0.2, 0.25) is 5.88 Å². The average molecular weight is 256 g/mol. The highest BCUT2D eigenvalue weighted by atomic mass is 16.5. The van der Waals surface area contributed by atoms with Crippen molar-refractivity contribution in [1.82, 2.24) is 0 Å². The van der Waals surface area contributed by atoms with Gasteiger partial charge in [0.1, 0.15) is 11.6 Å². The zero-order valence-corrected chi connectivity index (χ0v) is 10.2. The molecule has 0 saturated heterocycles. The minimum Gasteiger partial charge on any atom is -0.472 e. The molecule has 0 aromatic carbocycles. The van der Waals surface area contributed by atoms with Gasteiger partial charge in [0, 0.05) is 12.0 Å². The second-order valence-corrected chi connectivity index (χ2v) is 4.61. The Kier molecular flexibility index (Phi) is 2.64. The van der Waals surface area contributed by atoms with Crippen molar-refractivity contribution in [2.75, 3.05) is 0 Å². The molecule has 0 bridgehead atoms. The number of rotatable bonds is 1. The highest BCUT2D eigenvalue weighted by molar-refractivity contribution is 5.96. The highest BCUT2D eigenvalue weighted by Crippen LogP contribution is 2.43. The molecule has 1 aliphatic heterocycles. The van der Waals surface area contributed by atoms with Gasteiger partial charge in [-0.25, -0.2) is 0 Å². The maximum absolute atomic E-state index is 11.9. The van der Waals surface area contributed by atoms with Gasteiger partial charge in [0.05, 0.1) is 18.4 Å². The summed E-state index contributed by atoms with van der Waals surface area (Å²) < 4.78 is 10.4. The number of carbonyl (C=O) groups is 1. The van der Waals surface area contributed by atoms with Crippen molar-refractivity contribution in [2.24, 2.45) is 5.73 Å². The van der Waals surface area contributed by atoms with Crippen molar-refractivity contribution in [1.29, 1.82) is 5.26 Å². The van der Waals surface area contributed by atoms with Crippen molar-refractivity contribution in [3.05, 3.63) is 46.9 Å². The first-order valence-corrected chi connectivity index (χ1v) is 6.08. The van der Waals surface area contributed by atoms with E-state index in [1.165, 1.54) is 0 Å². The second kappa shape index (κ2) is 4.32. The van der Waals surface area contributed by atoms with E-state index in [0.717, 1.165) is 24.0 Å². The summed E-state index contributed by atoms with van der Waals surface area (Å²) in [7, 11) is 0. The van der Waals surface area contributed by atoms with Gasteiger partial charge < -0.3 is 14.9 Å². The number of Topliss-reactive ketones (excluding diaryl/α,β-unsaturated/α-hetero) is 1. The standard InChI is InChI=1S/C14H12N2O3/c15-6-10-12(8-4-5-18-7-8)9-2-1-3-11(17)13(9)19-14(10)16/h4-5,7,12H,1-3,16H2. The minimum atomic E-state index is -0.322. The normalized spacial score (nSPS) is 22.9. The molecule has 0 radical (unpaired) electrons. The first kappa shape index (κ1) is 11.6. The molecule has 3 rings (SSSR count). The van der Waals surface area contributed by atoms with Crippen LogP contribution in [0, 0.1) is 11.3 Å². The zero-order chi connectivity index (χ0) is 13.4. The lowest BCUT2D eigenvalue weighted by Crippen LogP contribution is -2.26. The molecule has 1 atom stereocenters. The fraction of sp³-hybridized carbons (Fsp3) is 0.286. The minimum absolute atomic E-state index is 0.0164. The van der Waals surface area contributed by atoms with Gasteiger partial charge in [-0.3, -0.25) is 4.79 Å². The van der Waals surface area contributed by atoms with Crippen LogP contribution in [-0.2, 0) is 9.53 Å². The number of nitrogens with zero attached hydrogens (tertiary/aromatic N) is 1. The Morgan fingerprint density at radius 3 is 2.95 bits per heavy atom. The van der Waals surface area contributed by atoms with E-state index in [4.69, 9.17) is 14.9 Å². The molecule has 1 unspecified atom stereocenters.